The molecule has 13 heteroatoms. The van der Waals surface area contributed by atoms with E-state index in [1.807, 2.05) is 4.90 Å². The maximum absolute atomic E-state index is 13.9. The van der Waals surface area contributed by atoms with Gasteiger partial charge in [-0.15, -0.1) is 11.3 Å². The zero-order chi connectivity index (χ0) is 33.2. The summed E-state index contributed by atoms with van der Waals surface area (Å²) in [5, 5.41) is 22.6. The predicted molar refractivity (Wildman–Crippen MR) is 179 cm³/mol. The van der Waals surface area contributed by atoms with E-state index in [1.165, 1.54) is 15.9 Å². The van der Waals surface area contributed by atoms with Gasteiger partial charge < -0.3 is 14.6 Å². The molecular formula is C34H27ClF2N6O3S. The number of aromatic carboxylic acids is 1. The van der Waals surface area contributed by atoms with Crippen molar-refractivity contribution in [2.24, 2.45) is 0 Å². The number of rotatable bonds is 7. The molecule has 0 aliphatic carbocycles. The second-order valence-corrected chi connectivity index (χ2v) is 12.4. The lowest BCUT2D eigenvalue weighted by Crippen LogP contribution is -2.52. The molecule has 4 aromatic heterocycles. The van der Waals surface area contributed by atoms with E-state index in [2.05, 4.69) is 27.9 Å². The van der Waals surface area contributed by atoms with Crippen LogP contribution in [0.4, 0.5) is 14.6 Å². The van der Waals surface area contributed by atoms with Gasteiger partial charge in [-0.25, -0.2) is 18.6 Å². The van der Waals surface area contributed by atoms with Crippen LogP contribution in [0.1, 0.15) is 27.2 Å². The van der Waals surface area contributed by atoms with Gasteiger partial charge in [0, 0.05) is 76.7 Å². The van der Waals surface area contributed by atoms with Crippen LogP contribution in [0.15, 0.2) is 52.9 Å². The van der Waals surface area contributed by atoms with Crippen LogP contribution in [0.5, 0.6) is 0 Å². The van der Waals surface area contributed by atoms with Crippen LogP contribution in [-0.2, 0) is 6.54 Å². The van der Waals surface area contributed by atoms with Crippen LogP contribution in [0.3, 0.4) is 0 Å². The number of aromatic nitrogens is 3. The number of nitrogens with zero attached hydrogens (tertiary/aromatic N) is 6. The smallest absolute Gasteiger partial charge is 0.338 e. The molecule has 0 bridgehead atoms. The molecule has 6 rings (SSSR count). The predicted octanol–water partition coefficient (Wildman–Crippen LogP) is 5.69. The molecule has 0 atom stereocenters. The number of halogens is 3. The summed E-state index contributed by atoms with van der Waals surface area (Å²) in [4.78, 5) is 38.0. The van der Waals surface area contributed by atoms with Gasteiger partial charge in [0.05, 0.1) is 33.8 Å². The molecule has 9 nitrogen and oxygen atoms in total. The summed E-state index contributed by atoms with van der Waals surface area (Å²) in [6, 6.07) is 10.2. The number of pyridine rings is 3. The Morgan fingerprint density at radius 2 is 1.89 bits per heavy atom. The Kier molecular flexibility index (Phi) is 9.19. The Balaban J connectivity index is 1.35. The molecule has 47 heavy (non-hydrogen) atoms. The van der Waals surface area contributed by atoms with E-state index in [1.54, 1.807) is 59.9 Å². The van der Waals surface area contributed by atoms with Crippen molar-refractivity contribution >= 4 is 55.7 Å². The molecule has 1 N–H and O–H groups in total. The minimum atomic E-state index is -1.06. The molecular weight excluding hydrogens is 646 g/mol. The highest BCUT2D eigenvalue weighted by atomic mass is 35.5. The number of anilines is 1. The molecule has 1 aromatic carbocycles. The van der Waals surface area contributed by atoms with Gasteiger partial charge in [-0.1, -0.05) is 23.4 Å². The maximum Gasteiger partial charge on any atom is 0.338 e. The Labute approximate surface area is 277 Å². The van der Waals surface area contributed by atoms with Gasteiger partial charge >= 0.3 is 5.97 Å². The van der Waals surface area contributed by atoms with Crippen LogP contribution >= 0.6 is 22.9 Å². The highest BCUT2D eigenvalue weighted by Gasteiger charge is 2.27. The third-order valence-corrected chi connectivity index (χ3v) is 9.59. The first-order chi connectivity index (χ1) is 22.7. The van der Waals surface area contributed by atoms with Gasteiger partial charge in [0.1, 0.15) is 30.8 Å². The van der Waals surface area contributed by atoms with Gasteiger partial charge in [0.2, 0.25) is 0 Å². The van der Waals surface area contributed by atoms with E-state index in [0.29, 0.717) is 69.4 Å². The third kappa shape index (κ3) is 6.03. The number of fused-ring (bicyclic) bond motifs is 2. The standard InChI is InChI=1S/C34H27ClF2N6O3S/c1-20-13-22-18-40-32(42-11-9-41(10-12-42)24(15-36)16-37)27(17-38)29(22)33(44)43(20)8-2-3-21-4-5-23(35)14-26(21)25-6-7-39-30-28(34(45)46)19-47-31(25)30/h4-7,13-14,18-19,24H,8-12,15-16H2,1H3,(H,45,46). The second kappa shape index (κ2) is 13.5. The first-order valence-corrected chi connectivity index (χ1v) is 15.9. The van der Waals surface area contributed by atoms with Crippen molar-refractivity contribution in [2.45, 2.75) is 19.5 Å². The molecule has 1 aliphatic rings. The minimum Gasteiger partial charge on any atom is -0.478 e. The molecule has 238 valence electrons. The lowest BCUT2D eigenvalue weighted by atomic mass is 10.00. The number of carboxylic acid groups (broad SMARTS) is 1. The highest BCUT2D eigenvalue weighted by Crippen LogP contribution is 2.36. The van der Waals surface area contributed by atoms with E-state index in [0.717, 1.165) is 5.56 Å². The first kappa shape index (κ1) is 32.1. The van der Waals surface area contributed by atoms with Gasteiger partial charge in [-0.05, 0) is 37.3 Å². The van der Waals surface area contributed by atoms with Crippen LogP contribution in [0.25, 0.3) is 32.1 Å². The van der Waals surface area contributed by atoms with E-state index >= 15 is 0 Å². The lowest BCUT2D eigenvalue weighted by Gasteiger charge is -2.38. The van der Waals surface area contributed by atoms with Crippen molar-refractivity contribution in [1.82, 2.24) is 19.4 Å². The van der Waals surface area contributed by atoms with E-state index in [4.69, 9.17) is 11.6 Å². The van der Waals surface area contributed by atoms with E-state index in [-0.39, 0.29) is 28.6 Å². The summed E-state index contributed by atoms with van der Waals surface area (Å²) >= 11 is 7.64. The van der Waals surface area contributed by atoms with Gasteiger partial charge in [-0.3, -0.25) is 14.7 Å². The summed E-state index contributed by atoms with van der Waals surface area (Å²) in [7, 11) is 0. The molecule has 1 saturated heterocycles. The quantitative estimate of drug-likeness (QED) is 0.220. The van der Waals surface area contributed by atoms with Crippen molar-refractivity contribution in [3.63, 3.8) is 0 Å². The topological polar surface area (TPSA) is 115 Å². The Morgan fingerprint density at radius 1 is 1.13 bits per heavy atom. The number of thiophene rings is 1. The normalized spacial score (nSPS) is 13.6. The number of benzene rings is 1. The van der Waals surface area contributed by atoms with Gasteiger partial charge in [0.25, 0.3) is 5.56 Å². The SMILES string of the molecule is Cc1cc2cnc(N3CCN(C(CF)CF)CC3)c(C#N)c2c(=O)n1CC#Cc1ccc(Cl)cc1-c1ccnc2c(C(=O)O)csc12. The lowest BCUT2D eigenvalue weighted by molar-refractivity contribution is 0.0699. The van der Waals surface area contributed by atoms with Gasteiger partial charge in [0.15, 0.2) is 0 Å². The zero-order valence-electron chi connectivity index (χ0n) is 25.1. The zero-order valence-corrected chi connectivity index (χ0v) is 26.7. The third-order valence-electron chi connectivity index (χ3n) is 8.35. The number of carboxylic acids is 1. The molecule has 5 aromatic rings. The van der Waals surface area contributed by atoms with Crippen molar-refractivity contribution < 1.29 is 18.7 Å². The Hall–Kier alpha value is -4.88. The summed E-state index contributed by atoms with van der Waals surface area (Å²) in [5.74, 6) is 5.55. The molecule has 0 unspecified atom stereocenters. The number of alkyl halides is 2. The monoisotopic (exact) mass is 672 g/mol. The fourth-order valence-corrected chi connectivity index (χ4v) is 7.09. The van der Waals surface area contributed by atoms with Crippen molar-refractivity contribution in [2.75, 3.05) is 44.4 Å². The molecule has 1 aliphatic heterocycles. The van der Waals surface area contributed by atoms with Crippen molar-refractivity contribution in [1.29, 1.82) is 5.26 Å². The molecule has 0 amide bonds. The van der Waals surface area contributed by atoms with Crippen molar-refractivity contribution in [3.8, 4) is 29.0 Å². The largest absolute Gasteiger partial charge is 0.478 e. The molecule has 0 saturated carbocycles. The average Bonchev–Trinajstić information content (AvgIpc) is 3.52. The van der Waals surface area contributed by atoms with Crippen LogP contribution in [0.2, 0.25) is 5.02 Å². The number of carbonyl (C=O) groups is 1. The summed E-state index contributed by atoms with van der Waals surface area (Å²) in [5.41, 5.74) is 2.97. The number of aryl methyl sites for hydroxylation is 1. The van der Waals surface area contributed by atoms with Gasteiger partial charge in [-0.2, -0.15) is 5.26 Å². The Bertz CT molecular complexity index is 2190. The van der Waals surface area contributed by atoms with Crippen LogP contribution in [-0.4, -0.2) is 76.1 Å². The van der Waals surface area contributed by atoms with Crippen molar-refractivity contribution in [3.05, 3.63) is 85.9 Å². The molecule has 1 fully saturated rings. The maximum atomic E-state index is 13.9. The number of hydrogen-bond donors (Lipinski definition) is 1. The van der Waals surface area contributed by atoms with E-state index < -0.39 is 25.4 Å². The summed E-state index contributed by atoms with van der Waals surface area (Å²) in [6.07, 6.45) is 3.12. The summed E-state index contributed by atoms with van der Waals surface area (Å²) < 4.78 is 28.7. The number of piperazine rings is 1. The minimum absolute atomic E-state index is 0.0334. The number of nitriles is 1. The molecule has 0 spiro atoms. The highest BCUT2D eigenvalue weighted by molar-refractivity contribution is 7.18. The number of hydrogen-bond acceptors (Lipinski definition) is 8. The molecule has 0 radical (unpaired) electrons. The first-order valence-electron chi connectivity index (χ1n) is 14.7. The fourth-order valence-electron chi connectivity index (χ4n) is 5.89. The van der Waals surface area contributed by atoms with Crippen LogP contribution in [0, 0.1) is 30.1 Å². The second-order valence-electron chi connectivity index (χ2n) is 11.0. The summed E-state index contributed by atoms with van der Waals surface area (Å²) in [6.45, 7) is 1.90. The average molecular weight is 673 g/mol. The fraction of sp³-hybridized carbons (Fsp3) is 0.265. The molecule has 5 heterocycles. The van der Waals surface area contributed by atoms with E-state index in [9.17, 15) is 28.7 Å². The van der Waals surface area contributed by atoms with Crippen LogP contribution < -0.4 is 10.5 Å². The Morgan fingerprint density at radius 3 is 2.60 bits per heavy atom.